The molecule has 0 aliphatic heterocycles. The average Bonchev–Trinajstić information content (AvgIpc) is 2.62. The second kappa shape index (κ2) is 3.56. The molecule has 0 radical (unpaired) electrons. The molecule has 0 atom stereocenters. The quantitative estimate of drug-likeness (QED) is 0.680. The molecule has 4 heteroatoms. The summed E-state index contributed by atoms with van der Waals surface area (Å²) < 4.78 is 14.1. The summed E-state index contributed by atoms with van der Waals surface area (Å²) in [7, 11) is 0. The highest BCUT2D eigenvalue weighted by Gasteiger charge is 2.10. The second-order valence-corrected chi connectivity index (χ2v) is 3.96. The van der Waals surface area contributed by atoms with Crippen molar-refractivity contribution in [3.63, 3.8) is 0 Å². The lowest BCUT2D eigenvalue weighted by atomic mass is 10.1. The highest BCUT2D eigenvalue weighted by molar-refractivity contribution is 7.17. The van der Waals surface area contributed by atoms with Crippen molar-refractivity contribution in [2.45, 2.75) is 5.88 Å². The van der Waals surface area contributed by atoms with Gasteiger partial charge in [-0.2, -0.15) is 5.26 Å². The molecule has 1 aromatic carbocycles. The van der Waals surface area contributed by atoms with E-state index >= 15 is 0 Å². The Labute approximate surface area is 89.3 Å². The van der Waals surface area contributed by atoms with Gasteiger partial charge in [0.05, 0.1) is 16.1 Å². The first-order chi connectivity index (χ1) is 6.77. The van der Waals surface area contributed by atoms with Gasteiger partial charge >= 0.3 is 0 Å². The van der Waals surface area contributed by atoms with Gasteiger partial charge in [-0.25, -0.2) is 4.39 Å². The van der Waals surface area contributed by atoms with Crippen molar-refractivity contribution < 1.29 is 4.39 Å². The number of rotatable bonds is 1. The van der Waals surface area contributed by atoms with Gasteiger partial charge in [-0.05, 0) is 0 Å². The summed E-state index contributed by atoms with van der Waals surface area (Å²) >= 11 is 6.81. The molecular weight excluding hydrogens is 221 g/mol. The lowest BCUT2D eigenvalue weighted by Crippen LogP contribution is -1.85. The van der Waals surface area contributed by atoms with Crippen LogP contribution in [-0.4, -0.2) is 0 Å². The topological polar surface area (TPSA) is 23.8 Å². The molecule has 0 bridgehead atoms. The minimum atomic E-state index is -0.302. The Balaban J connectivity index is 2.80. The summed E-state index contributed by atoms with van der Waals surface area (Å²) in [6.07, 6.45) is 0. The lowest BCUT2D eigenvalue weighted by molar-refractivity contribution is 0.631. The van der Waals surface area contributed by atoms with Crippen LogP contribution in [0.2, 0.25) is 0 Å². The zero-order valence-corrected chi connectivity index (χ0v) is 8.62. The van der Waals surface area contributed by atoms with E-state index in [0.29, 0.717) is 21.2 Å². The molecular formula is C10H5ClFNS. The number of benzene rings is 1. The number of nitriles is 1. The molecule has 2 rings (SSSR count). The van der Waals surface area contributed by atoms with Gasteiger partial charge in [0.25, 0.3) is 0 Å². The van der Waals surface area contributed by atoms with Crippen molar-refractivity contribution in [3.8, 4) is 6.07 Å². The standard InChI is InChI=1S/C10H5ClFNS/c11-3-6-1-2-8-7(4-13)5-14-10(8)9(6)12/h1-2,5H,3H2. The van der Waals surface area contributed by atoms with E-state index in [0.717, 1.165) is 0 Å². The van der Waals surface area contributed by atoms with Crippen LogP contribution in [0.4, 0.5) is 4.39 Å². The van der Waals surface area contributed by atoms with Crippen molar-refractivity contribution in [3.05, 3.63) is 34.5 Å². The first kappa shape index (κ1) is 9.45. The van der Waals surface area contributed by atoms with E-state index in [-0.39, 0.29) is 11.7 Å². The number of thiophene rings is 1. The number of hydrogen-bond donors (Lipinski definition) is 0. The maximum atomic E-state index is 13.6. The third-order valence-corrected chi connectivity index (χ3v) is 3.30. The fraction of sp³-hybridized carbons (Fsp3) is 0.100. The average molecular weight is 226 g/mol. The monoisotopic (exact) mass is 225 g/mol. The van der Waals surface area contributed by atoms with E-state index in [2.05, 4.69) is 0 Å². The Bertz CT molecular complexity index is 527. The fourth-order valence-electron chi connectivity index (χ4n) is 1.30. The zero-order valence-electron chi connectivity index (χ0n) is 7.05. The van der Waals surface area contributed by atoms with Crippen LogP contribution in [0, 0.1) is 17.1 Å². The first-order valence-corrected chi connectivity index (χ1v) is 5.34. The molecule has 70 valence electrons. The van der Waals surface area contributed by atoms with E-state index in [9.17, 15) is 4.39 Å². The maximum Gasteiger partial charge on any atom is 0.145 e. The summed E-state index contributed by atoms with van der Waals surface area (Å²) in [5, 5.41) is 11.1. The fourth-order valence-corrected chi connectivity index (χ4v) is 2.46. The van der Waals surface area contributed by atoms with Crippen LogP contribution in [0.1, 0.15) is 11.1 Å². The van der Waals surface area contributed by atoms with E-state index in [4.69, 9.17) is 16.9 Å². The Morgan fingerprint density at radius 1 is 1.50 bits per heavy atom. The molecule has 0 aliphatic carbocycles. The summed E-state index contributed by atoms with van der Waals surface area (Å²) in [6, 6.07) is 5.39. The largest absolute Gasteiger partial charge is 0.205 e. The van der Waals surface area contributed by atoms with Crippen molar-refractivity contribution in [1.29, 1.82) is 5.26 Å². The van der Waals surface area contributed by atoms with Gasteiger partial charge in [-0.15, -0.1) is 22.9 Å². The van der Waals surface area contributed by atoms with Gasteiger partial charge in [0.2, 0.25) is 0 Å². The van der Waals surface area contributed by atoms with Crippen molar-refractivity contribution in [1.82, 2.24) is 0 Å². The minimum Gasteiger partial charge on any atom is -0.205 e. The predicted octanol–water partition coefficient (Wildman–Crippen LogP) is 3.65. The second-order valence-electron chi connectivity index (χ2n) is 2.81. The molecule has 0 saturated carbocycles. The van der Waals surface area contributed by atoms with Crippen LogP contribution in [0.25, 0.3) is 10.1 Å². The highest BCUT2D eigenvalue weighted by atomic mass is 35.5. The molecule has 2 aromatic rings. The van der Waals surface area contributed by atoms with Crippen molar-refractivity contribution >= 4 is 33.0 Å². The molecule has 0 unspecified atom stereocenters. The van der Waals surface area contributed by atoms with Crippen molar-refractivity contribution in [2.75, 3.05) is 0 Å². The smallest absolute Gasteiger partial charge is 0.145 e. The third-order valence-electron chi connectivity index (χ3n) is 2.03. The number of hydrogen-bond acceptors (Lipinski definition) is 2. The number of nitrogens with zero attached hydrogens (tertiary/aromatic N) is 1. The number of fused-ring (bicyclic) bond motifs is 1. The van der Waals surface area contributed by atoms with Crippen LogP contribution in [0.3, 0.4) is 0 Å². The van der Waals surface area contributed by atoms with Crippen LogP contribution < -0.4 is 0 Å². The molecule has 1 aromatic heterocycles. The van der Waals surface area contributed by atoms with Gasteiger partial charge < -0.3 is 0 Å². The first-order valence-electron chi connectivity index (χ1n) is 3.92. The Kier molecular flexibility index (Phi) is 2.40. The van der Waals surface area contributed by atoms with E-state index in [1.165, 1.54) is 11.3 Å². The third kappa shape index (κ3) is 1.28. The Morgan fingerprint density at radius 3 is 2.93 bits per heavy atom. The summed E-state index contributed by atoms with van der Waals surface area (Å²) in [5.74, 6) is -0.148. The Morgan fingerprint density at radius 2 is 2.29 bits per heavy atom. The SMILES string of the molecule is N#Cc1csc2c(F)c(CCl)ccc12. The Hall–Kier alpha value is -1.11. The van der Waals surface area contributed by atoms with Gasteiger partial charge in [0.15, 0.2) is 0 Å². The number of halogens is 2. The molecule has 14 heavy (non-hydrogen) atoms. The normalized spacial score (nSPS) is 10.4. The van der Waals surface area contributed by atoms with Crippen molar-refractivity contribution in [2.24, 2.45) is 0 Å². The molecule has 1 heterocycles. The molecule has 0 N–H and O–H groups in total. The van der Waals surface area contributed by atoms with Crippen LogP contribution in [0.5, 0.6) is 0 Å². The zero-order chi connectivity index (χ0) is 10.1. The molecule has 0 saturated heterocycles. The van der Waals surface area contributed by atoms with E-state index in [1.807, 2.05) is 6.07 Å². The van der Waals surface area contributed by atoms with Crippen LogP contribution in [-0.2, 0) is 5.88 Å². The lowest BCUT2D eigenvalue weighted by Gasteiger charge is -1.98. The van der Waals surface area contributed by atoms with Crippen LogP contribution >= 0.6 is 22.9 Å². The van der Waals surface area contributed by atoms with E-state index < -0.39 is 0 Å². The molecule has 0 fully saturated rings. The number of alkyl halides is 1. The van der Waals surface area contributed by atoms with Gasteiger partial charge in [0.1, 0.15) is 11.9 Å². The predicted molar refractivity (Wildman–Crippen MR) is 56.1 cm³/mol. The van der Waals surface area contributed by atoms with Gasteiger partial charge in [-0.3, -0.25) is 0 Å². The van der Waals surface area contributed by atoms with Gasteiger partial charge in [-0.1, -0.05) is 12.1 Å². The highest BCUT2D eigenvalue weighted by Crippen LogP contribution is 2.30. The van der Waals surface area contributed by atoms with Crippen LogP contribution in [0.15, 0.2) is 17.5 Å². The van der Waals surface area contributed by atoms with E-state index in [1.54, 1.807) is 17.5 Å². The summed E-state index contributed by atoms with van der Waals surface area (Å²) in [6.45, 7) is 0. The molecule has 1 nitrogen and oxygen atoms in total. The molecule has 0 aliphatic rings. The van der Waals surface area contributed by atoms with Gasteiger partial charge in [0, 0.05) is 16.3 Å². The maximum absolute atomic E-state index is 13.6. The summed E-state index contributed by atoms with van der Waals surface area (Å²) in [4.78, 5) is 0. The molecule has 0 amide bonds. The minimum absolute atomic E-state index is 0.154. The molecule has 0 spiro atoms. The summed E-state index contributed by atoms with van der Waals surface area (Å²) in [5.41, 5.74) is 0.996.